The Morgan fingerprint density at radius 3 is 2.52 bits per heavy atom. The first kappa shape index (κ1) is 23.0. The number of nitrogens with one attached hydrogen (secondary N) is 2. The quantitative estimate of drug-likeness (QED) is 0.530. The van der Waals surface area contributed by atoms with E-state index in [0.717, 1.165) is 18.7 Å². The normalized spacial score (nSPS) is 15.1. The van der Waals surface area contributed by atoms with Crippen molar-refractivity contribution >= 4 is 28.4 Å². The van der Waals surface area contributed by atoms with E-state index in [2.05, 4.69) is 44.2 Å². The first-order valence-electron chi connectivity index (χ1n) is 10.8. The highest BCUT2D eigenvalue weighted by Gasteiger charge is 2.26. The molecule has 1 fully saturated rings. The van der Waals surface area contributed by atoms with Crippen LogP contribution in [0.5, 0.6) is 0 Å². The van der Waals surface area contributed by atoms with Crippen LogP contribution in [0.4, 0.5) is 5.82 Å². The number of halogens is 1. The average Bonchev–Trinajstić information content (AvgIpc) is 3.26. The molecule has 8 nitrogen and oxygen atoms in total. The molecule has 3 heterocycles. The highest BCUT2D eigenvalue weighted by atomic mass is 35.5. The molecule has 1 amide bonds. The van der Waals surface area contributed by atoms with Crippen molar-refractivity contribution in [3.8, 4) is 5.95 Å². The molecule has 1 aliphatic rings. The van der Waals surface area contributed by atoms with Gasteiger partial charge in [0.15, 0.2) is 0 Å². The van der Waals surface area contributed by atoms with Crippen molar-refractivity contribution in [1.82, 2.24) is 24.8 Å². The summed E-state index contributed by atoms with van der Waals surface area (Å²) in [6.07, 6.45) is 4.97. The van der Waals surface area contributed by atoms with Gasteiger partial charge in [-0.15, -0.1) is 0 Å². The Morgan fingerprint density at radius 2 is 1.88 bits per heavy atom. The Hall–Kier alpha value is -3.20. The molecule has 1 saturated heterocycles. The number of ether oxygens (including phenoxy) is 1. The Labute approximate surface area is 198 Å². The first-order valence-corrected chi connectivity index (χ1v) is 11.2. The summed E-state index contributed by atoms with van der Waals surface area (Å²) in [5.74, 6) is 0.779. The maximum absolute atomic E-state index is 13.4. The zero-order chi connectivity index (χ0) is 23.2. The predicted molar refractivity (Wildman–Crippen MR) is 130 cm³/mol. The topological polar surface area (TPSA) is 84.3 Å². The minimum atomic E-state index is -0.243. The van der Waals surface area contributed by atoms with E-state index in [1.807, 2.05) is 18.2 Å². The van der Waals surface area contributed by atoms with E-state index in [1.54, 1.807) is 36.3 Å². The molecule has 1 aromatic carbocycles. The molecule has 4 rings (SSSR count). The highest BCUT2D eigenvalue weighted by molar-refractivity contribution is 6.49. The van der Waals surface area contributed by atoms with Crippen LogP contribution in [-0.2, 0) is 4.74 Å². The molecule has 0 bridgehead atoms. The summed E-state index contributed by atoms with van der Waals surface area (Å²) in [6, 6.07) is 11.9. The molecule has 1 aliphatic heterocycles. The zero-order valence-electron chi connectivity index (χ0n) is 18.5. The van der Waals surface area contributed by atoms with Gasteiger partial charge in [-0.2, -0.15) is 0 Å². The van der Waals surface area contributed by atoms with Crippen LogP contribution in [0.3, 0.4) is 0 Å². The van der Waals surface area contributed by atoms with Crippen LogP contribution in [0.2, 0.25) is 0 Å². The number of rotatable bonds is 8. The molecule has 1 unspecified atom stereocenters. The number of hydrogen-bond donors (Lipinski definition) is 2. The predicted octanol–water partition coefficient (Wildman–Crippen LogP) is 3.32. The van der Waals surface area contributed by atoms with Gasteiger partial charge in [0.25, 0.3) is 5.91 Å². The summed E-state index contributed by atoms with van der Waals surface area (Å²) in [6.45, 7) is 7.29. The van der Waals surface area contributed by atoms with Crippen LogP contribution in [0.15, 0.2) is 61.6 Å². The van der Waals surface area contributed by atoms with Gasteiger partial charge in [0.1, 0.15) is 5.82 Å². The maximum Gasteiger partial charge on any atom is 0.253 e. The molecule has 1 atom stereocenters. The van der Waals surface area contributed by atoms with Crippen molar-refractivity contribution in [1.29, 1.82) is 0 Å². The summed E-state index contributed by atoms with van der Waals surface area (Å²) in [5.41, 5.74) is 2.07. The molecule has 0 radical (unpaired) electrons. The van der Waals surface area contributed by atoms with Crippen LogP contribution in [0.1, 0.15) is 27.5 Å². The number of benzene rings is 1. The summed E-state index contributed by atoms with van der Waals surface area (Å²) < 4.78 is 7.22. The number of aromatic nitrogens is 3. The van der Waals surface area contributed by atoms with E-state index in [1.165, 1.54) is 0 Å². The first-order chi connectivity index (χ1) is 16.1. The number of nitrogens with zero attached hydrogens (tertiary/aromatic N) is 4. The Kier molecular flexibility index (Phi) is 7.39. The van der Waals surface area contributed by atoms with Gasteiger partial charge < -0.3 is 15.4 Å². The van der Waals surface area contributed by atoms with Crippen LogP contribution >= 0.6 is 11.6 Å². The Bertz CT molecular complexity index is 1100. The summed E-state index contributed by atoms with van der Waals surface area (Å²) in [5, 5.41) is 6.46. The second kappa shape index (κ2) is 10.6. The average molecular weight is 467 g/mol. The van der Waals surface area contributed by atoms with E-state index in [0.29, 0.717) is 42.7 Å². The van der Waals surface area contributed by atoms with Crippen LogP contribution in [0, 0.1) is 0 Å². The number of anilines is 1. The third-order valence-electron chi connectivity index (χ3n) is 5.65. The Morgan fingerprint density at radius 1 is 1.18 bits per heavy atom. The number of hydrogen-bond acceptors (Lipinski definition) is 6. The zero-order valence-corrected chi connectivity index (χ0v) is 19.3. The SMILES string of the molecule is C=C(Cl)c1c(C(=O)NCC(c2ccccc2)N2CCOCC2)cn(-c2ncccn2)c1NC. The van der Waals surface area contributed by atoms with E-state index in [4.69, 9.17) is 16.3 Å². The number of morpholine rings is 1. The fraction of sp³-hybridized carbons (Fsp3) is 0.292. The molecule has 2 aromatic heterocycles. The lowest BCUT2D eigenvalue weighted by atomic mass is 10.0. The van der Waals surface area contributed by atoms with Crippen molar-refractivity contribution < 1.29 is 9.53 Å². The van der Waals surface area contributed by atoms with Crippen molar-refractivity contribution in [2.45, 2.75) is 6.04 Å². The summed E-state index contributed by atoms with van der Waals surface area (Å²) >= 11 is 6.33. The van der Waals surface area contributed by atoms with Gasteiger partial charge in [-0.3, -0.25) is 14.3 Å². The molecule has 3 aromatic rings. The molecule has 9 heteroatoms. The van der Waals surface area contributed by atoms with E-state index < -0.39 is 0 Å². The summed E-state index contributed by atoms with van der Waals surface area (Å²) in [7, 11) is 1.75. The van der Waals surface area contributed by atoms with Crippen molar-refractivity contribution in [2.24, 2.45) is 0 Å². The molecule has 33 heavy (non-hydrogen) atoms. The van der Waals surface area contributed by atoms with Gasteiger partial charge in [-0.05, 0) is 11.6 Å². The molecule has 0 spiro atoms. The van der Waals surface area contributed by atoms with Crippen LogP contribution in [0.25, 0.3) is 11.0 Å². The van der Waals surface area contributed by atoms with E-state index in [9.17, 15) is 4.79 Å². The minimum Gasteiger partial charge on any atom is -0.379 e. The van der Waals surface area contributed by atoms with Crippen molar-refractivity contribution in [3.05, 3.63) is 78.3 Å². The lowest BCUT2D eigenvalue weighted by molar-refractivity contribution is 0.0162. The van der Waals surface area contributed by atoms with Gasteiger partial charge >= 0.3 is 0 Å². The van der Waals surface area contributed by atoms with Gasteiger partial charge in [0.2, 0.25) is 5.95 Å². The summed E-state index contributed by atoms with van der Waals surface area (Å²) in [4.78, 5) is 24.3. The third kappa shape index (κ3) is 5.08. The lowest BCUT2D eigenvalue weighted by Gasteiger charge is -2.35. The molecular weight excluding hydrogens is 440 g/mol. The number of carbonyl (C=O) groups excluding carboxylic acids is 1. The fourth-order valence-electron chi connectivity index (χ4n) is 4.08. The number of carbonyl (C=O) groups is 1. The molecule has 0 saturated carbocycles. The Balaban J connectivity index is 1.62. The van der Waals surface area contributed by atoms with Crippen LogP contribution in [-0.4, -0.2) is 65.2 Å². The monoisotopic (exact) mass is 466 g/mol. The lowest BCUT2D eigenvalue weighted by Crippen LogP contribution is -2.43. The maximum atomic E-state index is 13.4. The standard InChI is InChI=1S/C24H27ClN6O2/c1-17(25)21-19(16-31(22(21)26-2)24-27-9-6-10-28-24)23(32)29-15-20(18-7-4-3-5-8-18)30-11-13-33-14-12-30/h3-10,16,20,26H,1,11-15H2,2H3,(H,29,32). The van der Waals surface area contributed by atoms with Gasteiger partial charge in [0, 0.05) is 55.9 Å². The molecule has 2 N–H and O–H groups in total. The second-order valence-electron chi connectivity index (χ2n) is 7.62. The van der Waals surface area contributed by atoms with Gasteiger partial charge in [0.05, 0.1) is 24.8 Å². The fourth-order valence-corrected chi connectivity index (χ4v) is 4.27. The van der Waals surface area contributed by atoms with E-state index in [-0.39, 0.29) is 17.0 Å². The largest absolute Gasteiger partial charge is 0.379 e. The molecule has 172 valence electrons. The second-order valence-corrected chi connectivity index (χ2v) is 8.08. The van der Waals surface area contributed by atoms with Crippen LogP contribution < -0.4 is 10.6 Å². The number of amides is 1. The van der Waals surface area contributed by atoms with Crippen molar-refractivity contribution in [2.75, 3.05) is 45.2 Å². The molecule has 0 aliphatic carbocycles. The molecular formula is C24H27ClN6O2. The third-order valence-corrected chi connectivity index (χ3v) is 5.84. The van der Waals surface area contributed by atoms with Gasteiger partial charge in [-0.25, -0.2) is 9.97 Å². The smallest absolute Gasteiger partial charge is 0.253 e. The minimum absolute atomic E-state index is 0.0324. The van der Waals surface area contributed by atoms with E-state index >= 15 is 0 Å². The van der Waals surface area contributed by atoms with Gasteiger partial charge in [-0.1, -0.05) is 48.5 Å². The van der Waals surface area contributed by atoms with Crippen molar-refractivity contribution in [3.63, 3.8) is 0 Å². The highest BCUT2D eigenvalue weighted by Crippen LogP contribution is 2.33.